The summed E-state index contributed by atoms with van der Waals surface area (Å²) in [5.41, 5.74) is 0. The fraction of sp³-hybridized carbons (Fsp3) is 1.00. The third-order valence-corrected chi connectivity index (χ3v) is 4.39. The zero-order chi connectivity index (χ0) is 12.0. The van der Waals surface area contributed by atoms with Crippen LogP contribution in [0.5, 0.6) is 0 Å². The van der Waals surface area contributed by atoms with Crippen LogP contribution in [0.15, 0.2) is 0 Å². The van der Waals surface area contributed by atoms with Crippen molar-refractivity contribution in [1.82, 2.24) is 5.32 Å². The molecule has 1 heterocycles. The van der Waals surface area contributed by atoms with Crippen molar-refractivity contribution in [2.45, 2.75) is 56.5 Å². The standard InChI is InChI=1S/C11H20F3NS/c1-2-15-9(6-7-11(12,13)14)10-5-3-4-8-16-10/h9-10,15H,2-8H2,1H3. The average Bonchev–Trinajstić information content (AvgIpc) is 2.24. The number of hydrogen-bond donors (Lipinski definition) is 1. The smallest absolute Gasteiger partial charge is 0.313 e. The van der Waals surface area contributed by atoms with E-state index in [0.29, 0.717) is 5.25 Å². The Kier molecular flexibility index (Phi) is 5.97. The van der Waals surface area contributed by atoms with Crippen LogP contribution in [0, 0.1) is 0 Å². The molecule has 0 aromatic heterocycles. The molecule has 0 aromatic carbocycles. The zero-order valence-corrected chi connectivity index (χ0v) is 10.5. The summed E-state index contributed by atoms with van der Waals surface area (Å²) in [5.74, 6) is 1.10. The van der Waals surface area contributed by atoms with Gasteiger partial charge in [-0.05, 0) is 31.6 Å². The van der Waals surface area contributed by atoms with Gasteiger partial charge in [0.15, 0.2) is 0 Å². The van der Waals surface area contributed by atoms with Crippen LogP contribution < -0.4 is 5.32 Å². The van der Waals surface area contributed by atoms with Crippen LogP contribution in [-0.2, 0) is 0 Å². The third kappa shape index (κ3) is 5.43. The van der Waals surface area contributed by atoms with Crippen LogP contribution in [0.4, 0.5) is 13.2 Å². The predicted octanol–water partition coefficient (Wildman–Crippen LogP) is 3.59. The minimum absolute atomic E-state index is 0.0249. The summed E-state index contributed by atoms with van der Waals surface area (Å²) in [6.07, 6.45) is -1.05. The van der Waals surface area contributed by atoms with Gasteiger partial charge >= 0.3 is 6.18 Å². The SMILES string of the molecule is CCNC(CCC(F)(F)F)C1CCCCS1. The van der Waals surface area contributed by atoms with Gasteiger partial charge in [0.05, 0.1) is 0 Å². The van der Waals surface area contributed by atoms with Gasteiger partial charge in [-0.1, -0.05) is 13.3 Å². The van der Waals surface area contributed by atoms with Crippen molar-refractivity contribution in [3.05, 3.63) is 0 Å². The van der Waals surface area contributed by atoms with Crippen LogP contribution in [0.1, 0.15) is 39.0 Å². The monoisotopic (exact) mass is 255 g/mol. The maximum Gasteiger partial charge on any atom is 0.389 e. The molecule has 1 rings (SSSR count). The Labute approximate surface area is 99.6 Å². The summed E-state index contributed by atoms with van der Waals surface area (Å²) in [6, 6.07) is 0.0249. The highest BCUT2D eigenvalue weighted by molar-refractivity contribution is 8.00. The summed E-state index contributed by atoms with van der Waals surface area (Å²) in [4.78, 5) is 0. The van der Waals surface area contributed by atoms with E-state index in [1.54, 1.807) is 0 Å². The van der Waals surface area contributed by atoms with Gasteiger partial charge < -0.3 is 5.32 Å². The Hall–Kier alpha value is 0.100. The van der Waals surface area contributed by atoms with Crippen LogP contribution in [0.2, 0.25) is 0 Å². The molecule has 16 heavy (non-hydrogen) atoms. The molecule has 1 aliphatic rings. The molecule has 1 fully saturated rings. The quantitative estimate of drug-likeness (QED) is 0.805. The number of halogens is 3. The van der Waals surface area contributed by atoms with E-state index in [9.17, 15) is 13.2 Å². The van der Waals surface area contributed by atoms with E-state index in [2.05, 4.69) is 5.32 Å². The van der Waals surface area contributed by atoms with E-state index >= 15 is 0 Å². The number of alkyl halides is 3. The number of rotatable bonds is 5. The first kappa shape index (κ1) is 14.2. The second-order valence-corrected chi connectivity index (χ2v) is 5.57. The number of thioether (sulfide) groups is 1. The molecule has 2 atom stereocenters. The van der Waals surface area contributed by atoms with Gasteiger partial charge in [-0.15, -0.1) is 0 Å². The molecule has 1 N–H and O–H groups in total. The van der Waals surface area contributed by atoms with Crippen LogP contribution in [0.3, 0.4) is 0 Å². The molecule has 0 bridgehead atoms. The molecule has 96 valence electrons. The van der Waals surface area contributed by atoms with Gasteiger partial charge in [0.2, 0.25) is 0 Å². The molecule has 0 aliphatic carbocycles. The predicted molar refractivity (Wildman–Crippen MR) is 62.9 cm³/mol. The maximum absolute atomic E-state index is 12.2. The second kappa shape index (κ2) is 6.74. The minimum atomic E-state index is -4.02. The van der Waals surface area contributed by atoms with E-state index in [4.69, 9.17) is 0 Å². The molecule has 0 spiro atoms. The normalized spacial score (nSPS) is 24.4. The van der Waals surface area contributed by atoms with Gasteiger partial charge in [-0.3, -0.25) is 0 Å². The van der Waals surface area contributed by atoms with E-state index in [-0.39, 0.29) is 12.5 Å². The summed E-state index contributed by atoms with van der Waals surface area (Å²) in [6.45, 7) is 2.70. The lowest BCUT2D eigenvalue weighted by Gasteiger charge is -2.30. The molecule has 1 saturated heterocycles. The lowest BCUT2D eigenvalue weighted by atomic mass is 10.0. The van der Waals surface area contributed by atoms with Crippen molar-refractivity contribution in [1.29, 1.82) is 0 Å². The molecule has 5 heteroatoms. The molecular weight excluding hydrogens is 235 g/mol. The van der Waals surface area contributed by atoms with Crippen LogP contribution in [-0.4, -0.2) is 29.8 Å². The molecule has 0 radical (unpaired) electrons. The second-order valence-electron chi connectivity index (χ2n) is 4.22. The van der Waals surface area contributed by atoms with Crippen molar-refractivity contribution in [3.63, 3.8) is 0 Å². The van der Waals surface area contributed by atoms with Gasteiger partial charge in [0.1, 0.15) is 0 Å². The van der Waals surface area contributed by atoms with E-state index in [1.807, 2.05) is 18.7 Å². The Morgan fingerprint density at radius 3 is 2.62 bits per heavy atom. The molecular formula is C11H20F3NS. The van der Waals surface area contributed by atoms with Crippen molar-refractivity contribution in [2.24, 2.45) is 0 Å². The summed E-state index contributed by atoms with van der Waals surface area (Å²) in [7, 11) is 0. The van der Waals surface area contributed by atoms with Crippen molar-refractivity contribution in [3.8, 4) is 0 Å². The fourth-order valence-electron chi connectivity index (χ4n) is 2.08. The Morgan fingerprint density at radius 2 is 2.12 bits per heavy atom. The highest BCUT2D eigenvalue weighted by Crippen LogP contribution is 2.31. The summed E-state index contributed by atoms with van der Waals surface area (Å²) >= 11 is 1.83. The van der Waals surface area contributed by atoms with Gasteiger partial charge in [0.25, 0.3) is 0 Å². The first-order valence-electron chi connectivity index (χ1n) is 5.94. The van der Waals surface area contributed by atoms with E-state index < -0.39 is 12.6 Å². The van der Waals surface area contributed by atoms with Crippen LogP contribution >= 0.6 is 11.8 Å². The fourth-order valence-corrected chi connectivity index (χ4v) is 3.56. The summed E-state index contributed by atoms with van der Waals surface area (Å²) < 4.78 is 36.6. The zero-order valence-electron chi connectivity index (χ0n) is 9.65. The van der Waals surface area contributed by atoms with Crippen LogP contribution in [0.25, 0.3) is 0 Å². The van der Waals surface area contributed by atoms with E-state index in [0.717, 1.165) is 25.1 Å². The Balaban J connectivity index is 2.39. The molecule has 0 saturated carbocycles. The highest BCUT2D eigenvalue weighted by Gasteiger charge is 2.31. The maximum atomic E-state index is 12.2. The molecule has 1 aliphatic heterocycles. The largest absolute Gasteiger partial charge is 0.389 e. The van der Waals surface area contributed by atoms with Gasteiger partial charge in [0, 0.05) is 17.7 Å². The third-order valence-electron chi connectivity index (χ3n) is 2.87. The Bertz CT molecular complexity index is 190. The average molecular weight is 255 g/mol. The first-order valence-corrected chi connectivity index (χ1v) is 6.99. The number of nitrogens with one attached hydrogen (secondary N) is 1. The number of hydrogen-bond acceptors (Lipinski definition) is 2. The van der Waals surface area contributed by atoms with Crippen molar-refractivity contribution < 1.29 is 13.2 Å². The molecule has 0 aromatic rings. The summed E-state index contributed by atoms with van der Waals surface area (Å²) in [5, 5.41) is 3.58. The topological polar surface area (TPSA) is 12.0 Å². The molecule has 0 amide bonds. The molecule has 2 unspecified atom stereocenters. The highest BCUT2D eigenvalue weighted by atomic mass is 32.2. The first-order chi connectivity index (χ1) is 7.53. The van der Waals surface area contributed by atoms with Gasteiger partial charge in [-0.2, -0.15) is 24.9 Å². The Morgan fingerprint density at radius 1 is 1.38 bits per heavy atom. The van der Waals surface area contributed by atoms with Crippen molar-refractivity contribution >= 4 is 11.8 Å². The van der Waals surface area contributed by atoms with E-state index in [1.165, 1.54) is 6.42 Å². The lowest BCUT2D eigenvalue weighted by molar-refractivity contribution is -0.136. The lowest BCUT2D eigenvalue weighted by Crippen LogP contribution is -2.40. The molecule has 1 nitrogen and oxygen atoms in total. The minimum Gasteiger partial charge on any atom is -0.313 e. The van der Waals surface area contributed by atoms with Crippen molar-refractivity contribution in [2.75, 3.05) is 12.3 Å². The van der Waals surface area contributed by atoms with Gasteiger partial charge in [-0.25, -0.2) is 0 Å².